The molecule has 0 bridgehead atoms. The topological polar surface area (TPSA) is 63.2 Å². The van der Waals surface area contributed by atoms with Gasteiger partial charge in [0.2, 0.25) is 0 Å². The van der Waals surface area contributed by atoms with Crippen molar-refractivity contribution < 1.29 is 9.53 Å². The number of carbonyl (C=O) groups excluding carboxylic acids is 1. The lowest BCUT2D eigenvalue weighted by molar-refractivity contribution is 0.0950. The number of anilines is 2. The van der Waals surface area contributed by atoms with Gasteiger partial charge in [-0.1, -0.05) is 24.3 Å². The molecule has 0 unspecified atom stereocenters. The number of para-hydroxylation sites is 1. The van der Waals surface area contributed by atoms with Gasteiger partial charge >= 0.3 is 0 Å². The second kappa shape index (κ2) is 8.36. The van der Waals surface area contributed by atoms with Crippen molar-refractivity contribution in [2.75, 3.05) is 12.4 Å². The Morgan fingerprint density at radius 2 is 1.74 bits per heavy atom. The Hall–Kier alpha value is -3.34. The number of amides is 1. The molecule has 0 aliphatic heterocycles. The minimum absolute atomic E-state index is 0.183. The lowest BCUT2D eigenvalue weighted by Crippen LogP contribution is -2.23. The van der Waals surface area contributed by atoms with Gasteiger partial charge in [0.25, 0.3) is 5.91 Å². The monoisotopic (exact) mass is 361 g/mol. The fourth-order valence-electron chi connectivity index (χ4n) is 2.97. The molecule has 27 heavy (non-hydrogen) atoms. The Bertz CT molecular complexity index is 934. The fourth-order valence-corrected chi connectivity index (χ4v) is 2.97. The number of aryl methyl sites for hydroxylation is 2. The third kappa shape index (κ3) is 4.85. The van der Waals surface area contributed by atoms with Crippen LogP contribution in [0.3, 0.4) is 0 Å². The molecule has 5 heteroatoms. The van der Waals surface area contributed by atoms with Gasteiger partial charge < -0.3 is 15.4 Å². The van der Waals surface area contributed by atoms with Gasteiger partial charge in [-0.25, -0.2) is 0 Å². The van der Waals surface area contributed by atoms with E-state index in [2.05, 4.69) is 47.7 Å². The van der Waals surface area contributed by atoms with Crippen LogP contribution in [0.1, 0.15) is 27.0 Å². The van der Waals surface area contributed by atoms with E-state index in [1.165, 1.54) is 11.1 Å². The lowest BCUT2D eigenvalue weighted by Gasteiger charge is -2.11. The zero-order valence-corrected chi connectivity index (χ0v) is 15.7. The average molecular weight is 361 g/mol. The van der Waals surface area contributed by atoms with E-state index in [-0.39, 0.29) is 5.91 Å². The summed E-state index contributed by atoms with van der Waals surface area (Å²) in [7, 11) is 1.62. The van der Waals surface area contributed by atoms with Gasteiger partial charge in [-0.2, -0.15) is 0 Å². The second-order valence-corrected chi connectivity index (χ2v) is 6.46. The first-order valence-electron chi connectivity index (χ1n) is 8.75. The van der Waals surface area contributed by atoms with E-state index in [0.717, 1.165) is 22.7 Å². The van der Waals surface area contributed by atoms with E-state index < -0.39 is 0 Å². The van der Waals surface area contributed by atoms with E-state index in [4.69, 9.17) is 4.74 Å². The van der Waals surface area contributed by atoms with Gasteiger partial charge in [-0.3, -0.25) is 9.78 Å². The molecule has 1 heterocycles. The molecule has 5 nitrogen and oxygen atoms in total. The predicted molar refractivity (Wildman–Crippen MR) is 108 cm³/mol. The number of nitrogens with one attached hydrogen (secondary N) is 2. The second-order valence-electron chi connectivity index (χ2n) is 6.46. The third-order valence-electron chi connectivity index (χ3n) is 4.14. The highest BCUT2D eigenvalue weighted by molar-refractivity contribution is 5.94. The molecule has 3 aromatic rings. The van der Waals surface area contributed by atoms with Crippen molar-refractivity contribution in [3.8, 4) is 5.75 Å². The van der Waals surface area contributed by atoms with Crippen molar-refractivity contribution >= 4 is 17.3 Å². The van der Waals surface area contributed by atoms with Gasteiger partial charge in [0.1, 0.15) is 5.75 Å². The maximum absolute atomic E-state index is 12.5. The van der Waals surface area contributed by atoms with Gasteiger partial charge in [0.05, 0.1) is 24.6 Å². The van der Waals surface area contributed by atoms with Crippen LogP contribution in [0.5, 0.6) is 5.75 Å². The van der Waals surface area contributed by atoms with Crippen LogP contribution in [0.2, 0.25) is 0 Å². The summed E-state index contributed by atoms with van der Waals surface area (Å²) in [5, 5.41) is 6.22. The molecule has 1 aromatic heterocycles. The predicted octanol–water partition coefficient (Wildman–Crippen LogP) is 4.38. The standard InChI is InChI=1S/C22H23N3O2/c1-15-8-16(2)10-19(9-15)25-20-11-18(12-23-14-20)22(26)24-13-17-6-4-5-7-21(17)27-3/h4-12,14,25H,13H2,1-3H3,(H,24,26). The Labute approximate surface area is 159 Å². The van der Waals surface area contributed by atoms with Crippen molar-refractivity contribution in [3.05, 3.63) is 83.2 Å². The van der Waals surface area contributed by atoms with Crippen LogP contribution in [0.25, 0.3) is 0 Å². The number of carbonyl (C=O) groups is 1. The van der Waals surface area contributed by atoms with Gasteiger partial charge in [0, 0.05) is 24.0 Å². The first kappa shape index (κ1) is 18.5. The molecule has 138 valence electrons. The van der Waals surface area contributed by atoms with Crippen LogP contribution in [0.4, 0.5) is 11.4 Å². The van der Waals surface area contributed by atoms with Gasteiger partial charge in [-0.05, 0) is 49.2 Å². The first-order valence-corrected chi connectivity index (χ1v) is 8.75. The largest absolute Gasteiger partial charge is 0.496 e. The van der Waals surface area contributed by atoms with Crippen molar-refractivity contribution in [1.82, 2.24) is 10.3 Å². The highest BCUT2D eigenvalue weighted by atomic mass is 16.5. The van der Waals surface area contributed by atoms with Gasteiger partial charge in [-0.15, -0.1) is 0 Å². The highest BCUT2D eigenvalue weighted by Crippen LogP contribution is 2.20. The molecule has 0 saturated heterocycles. The molecular formula is C22H23N3O2. The number of methoxy groups -OCH3 is 1. The van der Waals surface area contributed by atoms with Crippen molar-refractivity contribution in [2.24, 2.45) is 0 Å². The maximum Gasteiger partial charge on any atom is 0.253 e. The number of nitrogens with zero attached hydrogens (tertiary/aromatic N) is 1. The molecule has 0 radical (unpaired) electrons. The molecule has 0 spiro atoms. The van der Waals surface area contributed by atoms with Crippen LogP contribution < -0.4 is 15.4 Å². The van der Waals surface area contributed by atoms with E-state index >= 15 is 0 Å². The van der Waals surface area contributed by atoms with Crippen molar-refractivity contribution in [3.63, 3.8) is 0 Å². The highest BCUT2D eigenvalue weighted by Gasteiger charge is 2.09. The van der Waals surface area contributed by atoms with Crippen LogP contribution in [-0.2, 0) is 6.54 Å². The van der Waals surface area contributed by atoms with Crippen LogP contribution in [-0.4, -0.2) is 18.0 Å². The van der Waals surface area contributed by atoms with Crippen LogP contribution in [0.15, 0.2) is 60.9 Å². The summed E-state index contributed by atoms with van der Waals surface area (Å²) in [6.45, 7) is 4.49. The van der Waals surface area contributed by atoms with Crippen LogP contribution in [0, 0.1) is 13.8 Å². The van der Waals surface area contributed by atoms with Crippen molar-refractivity contribution in [1.29, 1.82) is 0 Å². The summed E-state index contributed by atoms with van der Waals surface area (Å²) in [6.07, 6.45) is 3.26. The zero-order valence-electron chi connectivity index (χ0n) is 15.7. The van der Waals surface area contributed by atoms with Gasteiger partial charge in [0.15, 0.2) is 0 Å². The van der Waals surface area contributed by atoms with E-state index in [0.29, 0.717) is 12.1 Å². The Morgan fingerprint density at radius 3 is 2.48 bits per heavy atom. The minimum Gasteiger partial charge on any atom is -0.496 e. The molecule has 0 fully saturated rings. The summed E-state index contributed by atoms with van der Waals surface area (Å²) in [6, 6.07) is 15.6. The Balaban J connectivity index is 1.70. The number of rotatable bonds is 6. The number of ether oxygens (including phenoxy) is 1. The summed E-state index contributed by atoms with van der Waals surface area (Å²) >= 11 is 0. The lowest BCUT2D eigenvalue weighted by atomic mass is 10.1. The average Bonchev–Trinajstić information content (AvgIpc) is 2.65. The summed E-state index contributed by atoms with van der Waals surface area (Å²) in [5.74, 6) is 0.568. The quantitative estimate of drug-likeness (QED) is 0.684. The molecule has 0 aliphatic carbocycles. The molecule has 2 N–H and O–H groups in total. The molecule has 0 saturated carbocycles. The summed E-state index contributed by atoms with van der Waals surface area (Å²) in [4.78, 5) is 16.7. The molecular weight excluding hydrogens is 338 g/mol. The van der Waals surface area contributed by atoms with E-state index in [9.17, 15) is 4.79 Å². The molecule has 0 atom stereocenters. The Kier molecular flexibility index (Phi) is 5.71. The van der Waals surface area contributed by atoms with Crippen LogP contribution >= 0.6 is 0 Å². The number of benzene rings is 2. The number of hydrogen-bond donors (Lipinski definition) is 2. The third-order valence-corrected chi connectivity index (χ3v) is 4.14. The first-order chi connectivity index (χ1) is 13.0. The molecule has 2 aromatic carbocycles. The summed E-state index contributed by atoms with van der Waals surface area (Å²) in [5.41, 5.74) is 5.52. The SMILES string of the molecule is COc1ccccc1CNC(=O)c1cncc(Nc2cc(C)cc(C)c2)c1. The molecule has 1 amide bonds. The maximum atomic E-state index is 12.5. The minimum atomic E-state index is -0.183. The van der Waals surface area contributed by atoms with E-state index in [1.54, 1.807) is 25.6 Å². The molecule has 3 rings (SSSR count). The fraction of sp³-hybridized carbons (Fsp3) is 0.182. The van der Waals surface area contributed by atoms with E-state index in [1.807, 2.05) is 24.3 Å². The zero-order chi connectivity index (χ0) is 19.2. The normalized spacial score (nSPS) is 10.3. The number of aromatic nitrogens is 1. The number of pyridine rings is 1. The van der Waals surface area contributed by atoms with Crippen molar-refractivity contribution in [2.45, 2.75) is 20.4 Å². The summed E-state index contributed by atoms with van der Waals surface area (Å²) < 4.78 is 5.31. The number of hydrogen-bond acceptors (Lipinski definition) is 4. The molecule has 0 aliphatic rings. The Morgan fingerprint density at radius 1 is 1.00 bits per heavy atom. The smallest absolute Gasteiger partial charge is 0.253 e.